The van der Waals surface area contributed by atoms with Crippen molar-refractivity contribution in [2.75, 3.05) is 18.4 Å². The van der Waals surface area contributed by atoms with Gasteiger partial charge >= 0.3 is 0 Å². The molecule has 4 N–H and O–H groups in total. The molecule has 1 saturated heterocycles. The molecule has 0 radical (unpaired) electrons. The molecule has 1 aliphatic rings. The molecule has 0 aromatic heterocycles. The maximum Gasteiger partial charge on any atom is 0.243 e. The van der Waals surface area contributed by atoms with Crippen LogP contribution in [0.4, 0.5) is 10.1 Å². The van der Waals surface area contributed by atoms with Crippen molar-refractivity contribution < 1.29 is 19.1 Å². The number of phenolic OH excluding ortho intramolecular Hbond substituents is 1. The topological polar surface area (TPSA) is 90.5 Å². The highest BCUT2D eigenvalue weighted by Gasteiger charge is 2.23. The average Bonchev–Trinajstić information content (AvgIpc) is 2.34. The van der Waals surface area contributed by atoms with Gasteiger partial charge in [-0.25, -0.2) is 4.39 Å². The lowest BCUT2D eigenvalue weighted by atomic mass is 10.2. The second-order valence-electron chi connectivity index (χ2n) is 3.89. The summed E-state index contributed by atoms with van der Waals surface area (Å²) in [4.78, 5) is 22.6. The van der Waals surface area contributed by atoms with Crippen molar-refractivity contribution in [1.29, 1.82) is 0 Å². The van der Waals surface area contributed by atoms with E-state index in [1.54, 1.807) is 0 Å². The summed E-state index contributed by atoms with van der Waals surface area (Å²) in [6, 6.07) is 3.01. The predicted octanol–water partition coefficient (Wildman–Crippen LogP) is -0.442. The van der Waals surface area contributed by atoms with Crippen LogP contribution in [0.5, 0.6) is 5.75 Å². The number of hydrogen-bond donors (Lipinski definition) is 4. The summed E-state index contributed by atoms with van der Waals surface area (Å²) < 4.78 is 13.0. The van der Waals surface area contributed by atoms with E-state index in [1.165, 1.54) is 6.07 Å². The van der Waals surface area contributed by atoms with Gasteiger partial charge in [-0.15, -0.1) is 0 Å². The second kappa shape index (κ2) is 5.01. The quantitative estimate of drug-likeness (QED) is 0.538. The highest BCUT2D eigenvalue weighted by atomic mass is 19.1. The molecule has 6 nitrogen and oxygen atoms in total. The van der Waals surface area contributed by atoms with Crippen LogP contribution in [0.3, 0.4) is 0 Å². The van der Waals surface area contributed by atoms with Gasteiger partial charge in [0.1, 0.15) is 6.04 Å². The van der Waals surface area contributed by atoms with Crippen LogP contribution in [-0.2, 0) is 9.59 Å². The highest BCUT2D eigenvalue weighted by molar-refractivity contribution is 5.96. The number of halogens is 1. The number of benzene rings is 1. The van der Waals surface area contributed by atoms with Gasteiger partial charge in [0, 0.05) is 18.3 Å². The standard InChI is InChI=1S/C11H12FN3O3/c12-7-3-6(1-2-9(7)16)15-11(18)8-4-14-10(17)5-13-8/h1-3,8,13,16H,4-5H2,(H,14,17)(H,15,18). The Kier molecular flexibility index (Phi) is 3.42. The maximum absolute atomic E-state index is 13.0. The van der Waals surface area contributed by atoms with E-state index in [-0.39, 0.29) is 30.6 Å². The van der Waals surface area contributed by atoms with E-state index in [4.69, 9.17) is 5.11 Å². The van der Waals surface area contributed by atoms with Crippen LogP contribution in [0, 0.1) is 5.82 Å². The molecular formula is C11H12FN3O3. The van der Waals surface area contributed by atoms with E-state index < -0.39 is 17.6 Å². The fourth-order valence-electron chi connectivity index (χ4n) is 1.57. The monoisotopic (exact) mass is 253 g/mol. The first-order chi connectivity index (χ1) is 8.56. The lowest BCUT2D eigenvalue weighted by Crippen LogP contribution is -2.56. The fourth-order valence-corrected chi connectivity index (χ4v) is 1.57. The minimum absolute atomic E-state index is 0.0715. The molecule has 1 unspecified atom stereocenters. The molecule has 18 heavy (non-hydrogen) atoms. The molecule has 1 atom stereocenters. The van der Waals surface area contributed by atoms with Crippen molar-refractivity contribution in [2.45, 2.75) is 6.04 Å². The van der Waals surface area contributed by atoms with Crippen molar-refractivity contribution in [2.24, 2.45) is 0 Å². The average molecular weight is 253 g/mol. The minimum atomic E-state index is -0.808. The largest absolute Gasteiger partial charge is 0.505 e. The Labute approximate surface area is 102 Å². The van der Waals surface area contributed by atoms with Gasteiger partial charge in [0.25, 0.3) is 0 Å². The number of anilines is 1. The number of amides is 2. The van der Waals surface area contributed by atoms with E-state index in [1.807, 2.05) is 0 Å². The van der Waals surface area contributed by atoms with Gasteiger partial charge < -0.3 is 15.7 Å². The zero-order valence-electron chi connectivity index (χ0n) is 9.37. The van der Waals surface area contributed by atoms with E-state index in [0.717, 1.165) is 12.1 Å². The van der Waals surface area contributed by atoms with Gasteiger partial charge in [-0.3, -0.25) is 14.9 Å². The first-order valence-electron chi connectivity index (χ1n) is 5.36. The molecule has 96 valence electrons. The molecule has 1 aromatic rings. The third kappa shape index (κ3) is 2.75. The summed E-state index contributed by atoms with van der Waals surface area (Å²) in [5.74, 6) is -1.83. The molecule has 0 saturated carbocycles. The number of carbonyl (C=O) groups is 2. The van der Waals surface area contributed by atoms with Crippen molar-refractivity contribution in [1.82, 2.24) is 10.6 Å². The number of aromatic hydroxyl groups is 1. The van der Waals surface area contributed by atoms with E-state index in [9.17, 15) is 14.0 Å². The molecule has 2 rings (SSSR count). The van der Waals surface area contributed by atoms with E-state index >= 15 is 0 Å². The SMILES string of the molecule is O=C1CNC(C(=O)Nc2ccc(O)c(F)c2)CN1. The van der Waals surface area contributed by atoms with Crippen LogP contribution in [0.15, 0.2) is 18.2 Å². The second-order valence-corrected chi connectivity index (χ2v) is 3.89. The van der Waals surface area contributed by atoms with Gasteiger partial charge in [0.15, 0.2) is 11.6 Å². The number of phenols is 1. The van der Waals surface area contributed by atoms with Crippen LogP contribution >= 0.6 is 0 Å². The lowest BCUT2D eigenvalue weighted by Gasteiger charge is -2.23. The summed E-state index contributed by atoms with van der Waals surface area (Å²) in [6.07, 6.45) is 0. The van der Waals surface area contributed by atoms with Crippen LogP contribution in [0.25, 0.3) is 0 Å². The van der Waals surface area contributed by atoms with Crippen LogP contribution in [-0.4, -0.2) is 36.1 Å². The lowest BCUT2D eigenvalue weighted by molar-refractivity contribution is -0.124. The predicted molar refractivity (Wildman–Crippen MR) is 61.5 cm³/mol. The molecule has 7 heteroatoms. The smallest absolute Gasteiger partial charge is 0.243 e. The molecule has 2 amide bonds. The Morgan fingerprint density at radius 2 is 2.28 bits per heavy atom. The van der Waals surface area contributed by atoms with Crippen molar-refractivity contribution >= 4 is 17.5 Å². The minimum Gasteiger partial charge on any atom is -0.505 e. The Bertz CT molecular complexity index is 482. The van der Waals surface area contributed by atoms with Crippen molar-refractivity contribution in [3.63, 3.8) is 0 Å². The number of nitrogens with one attached hydrogen (secondary N) is 3. The molecule has 0 spiro atoms. The zero-order chi connectivity index (χ0) is 13.1. The number of rotatable bonds is 2. The highest BCUT2D eigenvalue weighted by Crippen LogP contribution is 2.19. The van der Waals surface area contributed by atoms with Gasteiger partial charge in [-0.2, -0.15) is 0 Å². The summed E-state index contributed by atoms with van der Waals surface area (Å²) in [7, 11) is 0. The van der Waals surface area contributed by atoms with E-state index in [2.05, 4.69) is 16.0 Å². The van der Waals surface area contributed by atoms with Gasteiger partial charge in [-0.1, -0.05) is 0 Å². The summed E-state index contributed by atoms with van der Waals surface area (Å²) in [5, 5.41) is 16.8. The van der Waals surface area contributed by atoms with Crippen LogP contribution in [0.2, 0.25) is 0 Å². The number of carbonyl (C=O) groups excluding carboxylic acids is 2. The molecular weight excluding hydrogens is 241 g/mol. The molecule has 1 fully saturated rings. The zero-order valence-corrected chi connectivity index (χ0v) is 9.37. The molecule has 1 heterocycles. The van der Waals surface area contributed by atoms with Crippen molar-refractivity contribution in [3.05, 3.63) is 24.0 Å². The Morgan fingerprint density at radius 1 is 1.50 bits per heavy atom. The fraction of sp³-hybridized carbons (Fsp3) is 0.273. The Hall–Kier alpha value is -2.15. The molecule has 1 aromatic carbocycles. The number of piperazine rings is 1. The summed E-state index contributed by atoms with van der Waals surface area (Å²) >= 11 is 0. The summed E-state index contributed by atoms with van der Waals surface area (Å²) in [6.45, 7) is 0.257. The van der Waals surface area contributed by atoms with Gasteiger partial charge in [0.2, 0.25) is 11.8 Å². The van der Waals surface area contributed by atoms with Crippen LogP contribution in [0.1, 0.15) is 0 Å². The normalized spacial score (nSPS) is 19.2. The first kappa shape index (κ1) is 12.3. The van der Waals surface area contributed by atoms with Crippen LogP contribution < -0.4 is 16.0 Å². The number of hydrogen-bond acceptors (Lipinski definition) is 4. The Morgan fingerprint density at radius 3 is 2.89 bits per heavy atom. The maximum atomic E-state index is 13.0. The first-order valence-corrected chi connectivity index (χ1v) is 5.36. The van der Waals surface area contributed by atoms with E-state index in [0.29, 0.717) is 0 Å². The summed E-state index contributed by atoms with van der Waals surface area (Å²) in [5.41, 5.74) is 0.244. The third-order valence-electron chi connectivity index (χ3n) is 2.54. The molecule has 1 aliphatic heterocycles. The van der Waals surface area contributed by atoms with Gasteiger partial charge in [0.05, 0.1) is 6.54 Å². The molecule has 0 aliphatic carbocycles. The Balaban J connectivity index is 1.98. The van der Waals surface area contributed by atoms with Crippen molar-refractivity contribution in [3.8, 4) is 5.75 Å². The third-order valence-corrected chi connectivity index (χ3v) is 2.54. The molecule has 0 bridgehead atoms. The van der Waals surface area contributed by atoms with Gasteiger partial charge in [-0.05, 0) is 12.1 Å².